The molecular weight excluding hydrogens is 264 g/mol. The minimum Gasteiger partial charge on any atom is -0.0623 e. The smallest absolute Gasteiger partial charge is 0.00264 e. The highest BCUT2D eigenvalue weighted by Crippen LogP contribution is 2.46. The van der Waals surface area contributed by atoms with Crippen molar-refractivity contribution in [3.05, 3.63) is 97.1 Å². The van der Waals surface area contributed by atoms with E-state index in [9.17, 15) is 0 Å². The summed E-state index contributed by atoms with van der Waals surface area (Å²) in [4.78, 5) is 0. The van der Waals surface area contributed by atoms with E-state index in [0.29, 0.717) is 0 Å². The van der Waals surface area contributed by atoms with Crippen molar-refractivity contribution in [2.45, 2.75) is 0 Å². The third kappa shape index (κ3) is 2.10. The summed E-state index contributed by atoms with van der Waals surface area (Å²) >= 11 is 0. The Bertz CT molecular complexity index is 836. The van der Waals surface area contributed by atoms with Crippen LogP contribution in [0.1, 0.15) is 0 Å². The van der Waals surface area contributed by atoms with E-state index in [4.69, 9.17) is 0 Å². The molecule has 4 aromatic carbocycles. The van der Waals surface area contributed by atoms with Gasteiger partial charge in [-0.05, 0) is 33.0 Å². The summed E-state index contributed by atoms with van der Waals surface area (Å²) in [6, 6.07) is 33.8. The van der Waals surface area contributed by atoms with Gasteiger partial charge in [-0.1, -0.05) is 97.1 Å². The van der Waals surface area contributed by atoms with E-state index in [1.807, 2.05) is 36.4 Å². The van der Waals surface area contributed by atoms with Gasteiger partial charge in [0, 0.05) is 0 Å². The highest BCUT2D eigenvalue weighted by Gasteiger charge is 2.19. The molecule has 5 rings (SSSR count). The zero-order chi connectivity index (χ0) is 14.8. The van der Waals surface area contributed by atoms with Crippen LogP contribution in [0.3, 0.4) is 0 Å². The third-order valence-electron chi connectivity index (χ3n) is 4.08. The van der Waals surface area contributed by atoms with Gasteiger partial charge < -0.3 is 0 Å². The molecule has 0 heteroatoms. The number of benzene rings is 4. The zero-order valence-corrected chi connectivity index (χ0v) is 12.2. The molecule has 0 heterocycles. The molecule has 0 N–H and O–H groups in total. The summed E-state index contributed by atoms with van der Waals surface area (Å²) < 4.78 is 0. The standard InChI is InChI=1S/C16H10.C6H6/c1-2-8-13-12(7-1)14-9-3-5-11-6-4-10-15(13)16(11)14;1-2-4-6-5-3-1/h1-10H;1-6H. The highest BCUT2D eigenvalue weighted by molar-refractivity contribution is 6.15. The molecule has 4 aromatic rings. The van der Waals surface area contributed by atoms with Crippen LogP contribution in [0.4, 0.5) is 0 Å². The summed E-state index contributed by atoms with van der Waals surface area (Å²) in [5, 5.41) is 2.75. The second-order valence-electron chi connectivity index (χ2n) is 5.41. The Labute approximate surface area is 130 Å². The predicted octanol–water partition coefficient (Wildman–Crippen LogP) is 6.17. The molecule has 0 radical (unpaired) electrons. The second kappa shape index (κ2) is 5.50. The molecular formula is C22H16. The van der Waals surface area contributed by atoms with Crippen LogP contribution < -0.4 is 0 Å². The van der Waals surface area contributed by atoms with Crippen molar-refractivity contribution >= 4 is 10.8 Å². The Balaban J connectivity index is 0.000000177. The van der Waals surface area contributed by atoms with Gasteiger partial charge >= 0.3 is 0 Å². The van der Waals surface area contributed by atoms with Crippen LogP contribution in [-0.4, -0.2) is 0 Å². The van der Waals surface area contributed by atoms with Gasteiger partial charge in [0.05, 0.1) is 0 Å². The molecule has 0 spiro atoms. The minimum absolute atomic E-state index is 1.34. The van der Waals surface area contributed by atoms with Crippen molar-refractivity contribution in [2.24, 2.45) is 0 Å². The first-order chi connectivity index (χ1) is 10.9. The van der Waals surface area contributed by atoms with Crippen molar-refractivity contribution < 1.29 is 0 Å². The molecule has 0 fully saturated rings. The lowest BCUT2D eigenvalue weighted by Crippen LogP contribution is -1.73. The van der Waals surface area contributed by atoms with Crippen molar-refractivity contribution in [1.82, 2.24) is 0 Å². The lowest BCUT2D eigenvalue weighted by atomic mass is 10.0. The monoisotopic (exact) mass is 280 g/mol. The Morgan fingerprint density at radius 3 is 1.18 bits per heavy atom. The maximum Gasteiger partial charge on any atom is -0.00264 e. The van der Waals surface area contributed by atoms with E-state index < -0.39 is 0 Å². The van der Waals surface area contributed by atoms with Crippen molar-refractivity contribution in [2.75, 3.05) is 0 Å². The van der Waals surface area contributed by atoms with Gasteiger partial charge in [0.15, 0.2) is 0 Å². The van der Waals surface area contributed by atoms with Gasteiger partial charge in [0.1, 0.15) is 0 Å². The topological polar surface area (TPSA) is 0 Å². The van der Waals surface area contributed by atoms with Crippen LogP contribution in [0.25, 0.3) is 33.0 Å². The van der Waals surface area contributed by atoms with Gasteiger partial charge in [0.2, 0.25) is 0 Å². The van der Waals surface area contributed by atoms with Gasteiger partial charge in [-0.25, -0.2) is 0 Å². The van der Waals surface area contributed by atoms with Gasteiger partial charge in [-0.2, -0.15) is 0 Å². The van der Waals surface area contributed by atoms with Crippen LogP contribution in [0, 0.1) is 0 Å². The number of fused-ring (bicyclic) bond motifs is 3. The SMILES string of the molecule is c1ccc2c(c1)-c1cccc3cccc-2c13.c1ccccc1. The van der Waals surface area contributed by atoms with Crippen LogP contribution in [0.5, 0.6) is 0 Å². The molecule has 0 nitrogen and oxygen atoms in total. The molecule has 22 heavy (non-hydrogen) atoms. The maximum atomic E-state index is 2.22. The highest BCUT2D eigenvalue weighted by atomic mass is 14.2. The van der Waals surface area contributed by atoms with Crippen LogP contribution >= 0.6 is 0 Å². The average Bonchev–Trinajstić information content (AvgIpc) is 2.94. The van der Waals surface area contributed by atoms with Crippen LogP contribution in [-0.2, 0) is 0 Å². The molecule has 0 saturated heterocycles. The van der Waals surface area contributed by atoms with E-state index in [-0.39, 0.29) is 0 Å². The Morgan fingerprint density at radius 2 is 0.727 bits per heavy atom. The fourth-order valence-corrected chi connectivity index (χ4v) is 3.13. The fourth-order valence-electron chi connectivity index (χ4n) is 3.13. The van der Waals surface area contributed by atoms with E-state index in [1.54, 1.807) is 0 Å². The van der Waals surface area contributed by atoms with E-state index in [0.717, 1.165) is 0 Å². The van der Waals surface area contributed by atoms with Gasteiger partial charge in [-0.3, -0.25) is 0 Å². The lowest BCUT2D eigenvalue weighted by Gasteiger charge is -2.00. The maximum absolute atomic E-state index is 2.22. The zero-order valence-electron chi connectivity index (χ0n) is 12.2. The number of rotatable bonds is 0. The fraction of sp³-hybridized carbons (Fsp3) is 0. The molecule has 0 saturated carbocycles. The van der Waals surface area contributed by atoms with Gasteiger partial charge in [-0.15, -0.1) is 0 Å². The van der Waals surface area contributed by atoms with E-state index in [2.05, 4.69) is 60.7 Å². The van der Waals surface area contributed by atoms with Crippen molar-refractivity contribution in [3.8, 4) is 22.3 Å². The molecule has 0 aliphatic heterocycles. The number of hydrogen-bond acceptors (Lipinski definition) is 0. The number of hydrogen-bond donors (Lipinski definition) is 0. The van der Waals surface area contributed by atoms with Crippen LogP contribution in [0.15, 0.2) is 97.1 Å². The first kappa shape index (κ1) is 12.8. The summed E-state index contributed by atoms with van der Waals surface area (Å²) in [5.74, 6) is 0. The van der Waals surface area contributed by atoms with Gasteiger partial charge in [0.25, 0.3) is 0 Å². The summed E-state index contributed by atoms with van der Waals surface area (Å²) in [5.41, 5.74) is 5.50. The molecule has 0 bridgehead atoms. The summed E-state index contributed by atoms with van der Waals surface area (Å²) in [7, 11) is 0. The molecule has 0 amide bonds. The van der Waals surface area contributed by atoms with Crippen molar-refractivity contribution in [1.29, 1.82) is 0 Å². The molecule has 0 aromatic heterocycles. The molecule has 1 aliphatic carbocycles. The Morgan fingerprint density at radius 1 is 0.318 bits per heavy atom. The summed E-state index contributed by atoms with van der Waals surface area (Å²) in [6.07, 6.45) is 0. The molecule has 0 atom stereocenters. The predicted molar refractivity (Wildman–Crippen MR) is 94.8 cm³/mol. The largest absolute Gasteiger partial charge is 0.0623 e. The third-order valence-corrected chi connectivity index (χ3v) is 4.08. The molecule has 0 unspecified atom stereocenters. The first-order valence-electron chi connectivity index (χ1n) is 7.57. The summed E-state index contributed by atoms with van der Waals surface area (Å²) in [6.45, 7) is 0. The second-order valence-corrected chi connectivity index (χ2v) is 5.41. The molecule has 104 valence electrons. The minimum atomic E-state index is 1.34. The van der Waals surface area contributed by atoms with Crippen LogP contribution in [0.2, 0.25) is 0 Å². The Hall–Kier alpha value is -2.86. The van der Waals surface area contributed by atoms with E-state index >= 15 is 0 Å². The van der Waals surface area contributed by atoms with Crippen molar-refractivity contribution in [3.63, 3.8) is 0 Å². The van der Waals surface area contributed by atoms with E-state index in [1.165, 1.54) is 33.0 Å². The lowest BCUT2D eigenvalue weighted by molar-refractivity contribution is 1.70. The average molecular weight is 280 g/mol. The normalized spacial score (nSPS) is 10.7. The first-order valence-corrected chi connectivity index (χ1v) is 7.57. The molecule has 1 aliphatic rings. The quantitative estimate of drug-likeness (QED) is 0.318. The Kier molecular flexibility index (Phi) is 3.21.